The van der Waals surface area contributed by atoms with Crippen molar-refractivity contribution in [2.75, 3.05) is 0 Å². The largest absolute Gasteiger partial charge is 0.352 e. The molecular formula is C18H19N3OS. The van der Waals surface area contributed by atoms with Crippen LogP contribution in [0.2, 0.25) is 0 Å². The molecule has 1 amide bonds. The molecule has 1 N–H and O–H groups in total. The van der Waals surface area contributed by atoms with Crippen molar-refractivity contribution < 1.29 is 4.79 Å². The van der Waals surface area contributed by atoms with Crippen molar-refractivity contribution in [1.82, 2.24) is 14.9 Å². The van der Waals surface area contributed by atoms with Gasteiger partial charge in [0.15, 0.2) is 0 Å². The number of aromatic nitrogens is 2. The average Bonchev–Trinajstić information content (AvgIpc) is 3.28. The van der Waals surface area contributed by atoms with Crippen molar-refractivity contribution in [1.29, 1.82) is 0 Å². The summed E-state index contributed by atoms with van der Waals surface area (Å²) in [7, 11) is 0. The average molecular weight is 325 g/mol. The third-order valence-electron chi connectivity index (χ3n) is 4.45. The minimum Gasteiger partial charge on any atom is -0.352 e. The second kappa shape index (κ2) is 6.16. The van der Waals surface area contributed by atoms with E-state index in [4.69, 9.17) is 0 Å². The van der Waals surface area contributed by atoms with Crippen molar-refractivity contribution in [3.05, 3.63) is 41.9 Å². The predicted molar refractivity (Wildman–Crippen MR) is 93.4 cm³/mol. The Kier molecular flexibility index (Phi) is 3.87. The minimum absolute atomic E-state index is 0.0814. The molecule has 0 bridgehead atoms. The highest BCUT2D eigenvalue weighted by molar-refractivity contribution is 7.13. The summed E-state index contributed by atoms with van der Waals surface area (Å²) < 4.78 is 2.03. The van der Waals surface area contributed by atoms with Crippen molar-refractivity contribution >= 4 is 28.3 Å². The van der Waals surface area contributed by atoms with E-state index < -0.39 is 0 Å². The summed E-state index contributed by atoms with van der Waals surface area (Å²) in [5.41, 5.74) is 1.94. The number of hydrogen-bond donors (Lipinski definition) is 1. The summed E-state index contributed by atoms with van der Waals surface area (Å²) in [6.45, 7) is 0.324. The van der Waals surface area contributed by atoms with Crippen LogP contribution >= 0.6 is 11.3 Å². The van der Waals surface area contributed by atoms with Gasteiger partial charge >= 0.3 is 0 Å². The maximum Gasteiger partial charge on any atom is 0.240 e. The summed E-state index contributed by atoms with van der Waals surface area (Å²) in [5.74, 6) is 0.0814. The molecule has 0 atom stereocenters. The zero-order valence-electron chi connectivity index (χ0n) is 12.9. The first-order valence-electron chi connectivity index (χ1n) is 8.09. The quantitative estimate of drug-likeness (QED) is 0.792. The fraction of sp³-hybridized carbons (Fsp3) is 0.333. The van der Waals surface area contributed by atoms with E-state index in [1.807, 2.05) is 22.8 Å². The van der Waals surface area contributed by atoms with Crippen LogP contribution in [0.3, 0.4) is 0 Å². The van der Waals surface area contributed by atoms with Gasteiger partial charge in [0.05, 0.1) is 10.6 Å². The smallest absolute Gasteiger partial charge is 0.240 e. The first-order valence-corrected chi connectivity index (χ1v) is 8.97. The van der Waals surface area contributed by atoms with Gasteiger partial charge in [0.25, 0.3) is 0 Å². The van der Waals surface area contributed by atoms with Crippen molar-refractivity contribution in [3.8, 4) is 10.6 Å². The van der Waals surface area contributed by atoms with Crippen LogP contribution in [0.5, 0.6) is 0 Å². The zero-order chi connectivity index (χ0) is 15.6. The molecule has 0 aliphatic heterocycles. The number of amides is 1. The van der Waals surface area contributed by atoms with E-state index in [-0.39, 0.29) is 5.91 Å². The number of carbonyl (C=O) groups is 1. The summed E-state index contributed by atoms with van der Waals surface area (Å²) in [6.07, 6.45) is 6.44. The van der Waals surface area contributed by atoms with Gasteiger partial charge in [0.1, 0.15) is 12.2 Å². The van der Waals surface area contributed by atoms with Gasteiger partial charge in [0, 0.05) is 17.6 Å². The fourth-order valence-corrected chi connectivity index (χ4v) is 4.11. The molecule has 3 heterocycles. The lowest BCUT2D eigenvalue weighted by molar-refractivity contribution is -0.122. The molecule has 1 aliphatic carbocycles. The lowest BCUT2D eigenvalue weighted by Gasteiger charge is -2.14. The van der Waals surface area contributed by atoms with Crippen LogP contribution in [0.15, 0.2) is 41.9 Å². The highest BCUT2D eigenvalue weighted by Crippen LogP contribution is 2.30. The normalized spacial score (nSPS) is 15.3. The minimum atomic E-state index is 0.0814. The van der Waals surface area contributed by atoms with Gasteiger partial charge in [-0.2, -0.15) is 0 Å². The third kappa shape index (κ3) is 2.88. The van der Waals surface area contributed by atoms with Crippen molar-refractivity contribution in [2.45, 2.75) is 38.3 Å². The van der Waals surface area contributed by atoms with Crippen LogP contribution in [-0.4, -0.2) is 21.5 Å². The predicted octanol–water partition coefficient (Wildman–Crippen LogP) is 3.82. The fourth-order valence-electron chi connectivity index (χ4n) is 3.36. The first-order chi connectivity index (χ1) is 11.3. The van der Waals surface area contributed by atoms with Crippen LogP contribution < -0.4 is 5.32 Å². The number of thiophene rings is 1. The van der Waals surface area contributed by atoms with Crippen LogP contribution in [0.1, 0.15) is 25.7 Å². The van der Waals surface area contributed by atoms with Crippen LogP contribution in [0.25, 0.3) is 21.6 Å². The summed E-state index contributed by atoms with van der Waals surface area (Å²) >= 11 is 1.69. The molecule has 118 valence electrons. The Hall–Kier alpha value is -2.14. The molecule has 0 saturated heterocycles. The van der Waals surface area contributed by atoms with Crippen LogP contribution in [0.4, 0.5) is 0 Å². The standard InChI is InChI=1S/C18H19N3OS/c22-17(20-14-6-1-2-7-14)12-21-15(16-8-4-10-23-16)11-13-5-3-9-19-18(13)21/h3-5,8-11,14H,1-2,6-7,12H2,(H,20,22). The van der Waals surface area contributed by atoms with Crippen molar-refractivity contribution in [2.24, 2.45) is 0 Å². The second-order valence-corrected chi connectivity index (χ2v) is 7.01. The molecule has 3 aromatic rings. The van der Waals surface area contributed by atoms with E-state index in [9.17, 15) is 4.79 Å². The number of nitrogens with zero attached hydrogens (tertiary/aromatic N) is 2. The maximum absolute atomic E-state index is 12.5. The van der Waals surface area contributed by atoms with Crippen molar-refractivity contribution in [3.63, 3.8) is 0 Å². The Labute approximate surface area is 139 Å². The van der Waals surface area contributed by atoms with Gasteiger partial charge in [-0.05, 0) is 42.5 Å². The molecule has 5 heteroatoms. The zero-order valence-corrected chi connectivity index (χ0v) is 13.7. The molecule has 1 fully saturated rings. The van der Waals surface area contributed by atoms with Gasteiger partial charge in [-0.3, -0.25) is 4.79 Å². The molecule has 0 unspecified atom stereocenters. The Morgan fingerprint density at radius 2 is 2.17 bits per heavy atom. The Balaban J connectivity index is 1.67. The molecule has 4 rings (SSSR count). The molecule has 1 aliphatic rings. The number of pyridine rings is 1. The van der Waals surface area contributed by atoms with Crippen LogP contribution in [-0.2, 0) is 11.3 Å². The highest BCUT2D eigenvalue weighted by atomic mass is 32.1. The first kappa shape index (κ1) is 14.5. The molecule has 3 aromatic heterocycles. The maximum atomic E-state index is 12.5. The van der Waals surface area contributed by atoms with Gasteiger partial charge < -0.3 is 9.88 Å². The number of carbonyl (C=O) groups excluding carboxylic acids is 1. The molecule has 23 heavy (non-hydrogen) atoms. The van der Waals surface area contributed by atoms with E-state index in [2.05, 4.69) is 27.8 Å². The van der Waals surface area contributed by atoms with Crippen LogP contribution in [0, 0.1) is 0 Å². The Morgan fingerprint density at radius 1 is 1.30 bits per heavy atom. The Bertz CT molecular complexity index is 816. The molecule has 0 radical (unpaired) electrons. The van der Waals surface area contributed by atoms with Gasteiger partial charge in [0.2, 0.25) is 5.91 Å². The number of fused-ring (bicyclic) bond motifs is 1. The van der Waals surface area contributed by atoms with E-state index in [0.29, 0.717) is 12.6 Å². The SMILES string of the molecule is O=C(Cn1c(-c2cccs2)cc2cccnc21)NC1CCCC1. The highest BCUT2D eigenvalue weighted by Gasteiger charge is 2.19. The van der Waals surface area contributed by atoms with E-state index >= 15 is 0 Å². The summed E-state index contributed by atoms with van der Waals surface area (Å²) in [5, 5.41) is 6.30. The molecule has 1 saturated carbocycles. The van der Waals surface area contributed by atoms with E-state index in [1.165, 1.54) is 12.8 Å². The topological polar surface area (TPSA) is 46.9 Å². The number of hydrogen-bond acceptors (Lipinski definition) is 3. The second-order valence-electron chi connectivity index (χ2n) is 6.06. The third-order valence-corrected chi connectivity index (χ3v) is 5.34. The number of rotatable bonds is 4. The Morgan fingerprint density at radius 3 is 2.96 bits per heavy atom. The summed E-state index contributed by atoms with van der Waals surface area (Å²) in [6, 6.07) is 10.6. The van der Waals surface area contributed by atoms with E-state index in [0.717, 1.165) is 34.4 Å². The molecule has 0 aromatic carbocycles. The lowest BCUT2D eigenvalue weighted by atomic mass is 10.2. The van der Waals surface area contributed by atoms with Gasteiger partial charge in [-0.25, -0.2) is 4.98 Å². The molecule has 4 nitrogen and oxygen atoms in total. The van der Waals surface area contributed by atoms with Gasteiger partial charge in [-0.1, -0.05) is 18.9 Å². The molecular weight excluding hydrogens is 306 g/mol. The van der Waals surface area contributed by atoms with Gasteiger partial charge in [-0.15, -0.1) is 11.3 Å². The summed E-state index contributed by atoms with van der Waals surface area (Å²) in [4.78, 5) is 18.1. The lowest BCUT2D eigenvalue weighted by Crippen LogP contribution is -2.35. The number of nitrogens with one attached hydrogen (secondary N) is 1. The van der Waals surface area contributed by atoms with E-state index in [1.54, 1.807) is 17.5 Å². The molecule has 0 spiro atoms. The monoisotopic (exact) mass is 325 g/mol.